The van der Waals surface area contributed by atoms with Crippen molar-refractivity contribution in [1.82, 2.24) is 5.32 Å². The second-order valence-electron chi connectivity index (χ2n) is 3.67. The highest BCUT2D eigenvalue weighted by Gasteiger charge is 2.13. The molecule has 0 bridgehead atoms. The summed E-state index contributed by atoms with van der Waals surface area (Å²) in [5, 5.41) is 11.1. The van der Waals surface area contributed by atoms with Gasteiger partial charge in [-0.05, 0) is 24.1 Å². The predicted molar refractivity (Wildman–Crippen MR) is 64.8 cm³/mol. The Kier molecular flexibility index (Phi) is 5.45. The molecule has 0 unspecified atom stereocenters. The highest BCUT2D eigenvalue weighted by molar-refractivity contribution is 5.81. The number of carbonyl (C=O) groups is 1. The molecule has 0 aliphatic carbocycles. The standard InChI is InChI=1S/C12H18N2O3/c1-17-10-4-2-9(3-5-10)8-11(13)12(16)14-6-7-15/h2-5,11,15H,6-8,13H2,1H3,(H,14,16)/t11-/m0/s1. The average molecular weight is 238 g/mol. The monoisotopic (exact) mass is 238 g/mol. The van der Waals surface area contributed by atoms with Gasteiger partial charge in [0.25, 0.3) is 0 Å². The van der Waals surface area contributed by atoms with Crippen LogP contribution in [0, 0.1) is 0 Å². The van der Waals surface area contributed by atoms with Crippen LogP contribution in [0.25, 0.3) is 0 Å². The smallest absolute Gasteiger partial charge is 0.237 e. The van der Waals surface area contributed by atoms with Crippen LogP contribution in [0.2, 0.25) is 0 Å². The SMILES string of the molecule is COc1ccc(C[C@H](N)C(=O)NCCO)cc1. The number of benzene rings is 1. The van der Waals surface area contributed by atoms with Gasteiger partial charge in [-0.2, -0.15) is 0 Å². The van der Waals surface area contributed by atoms with E-state index >= 15 is 0 Å². The van der Waals surface area contributed by atoms with E-state index in [9.17, 15) is 4.79 Å². The predicted octanol–water partition coefficient (Wildman–Crippen LogP) is -0.326. The summed E-state index contributed by atoms with van der Waals surface area (Å²) < 4.78 is 5.04. The molecule has 0 fully saturated rings. The van der Waals surface area contributed by atoms with E-state index in [1.54, 1.807) is 7.11 Å². The zero-order valence-corrected chi connectivity index (χ0v) is 9.85. The Morgan fingerprint density at radius 2 is 2.12 bits per heavy atom. The molecule has 4 N–H and O–H groups in total. The molecule has 0 aliphatic heterocycles. The summed E-state index contributed by atoms with van der Waals surface area (Å²) >= 11 is 0. The largest absolute Gasteiger partial charge is 0.497 e. The molecule has 1 aromatic carbocycles. The van der Waals surface area contributed by atoms with Crippen molar-refractivity contribution < 1.29 is 14.6 Å². The third-order valence-electron chi connectivity index (χ3n) is 2.36. The van der Waals surface area contributed by atoms with E-state index in [4.69, 9.17) is 15.6 Å². The number of hydrogen-bond acceptors (Lipinski definition) is 4. The normalized spacial score (nSPS) is 11.9. The highest BCUT2D eigenvalue weighted by Crippen LogP contribution is 2.12. The maximum Gasteiger partial charge on any atom is 0.237 e. The molecule has 94 valence electrons. The summed E-state index contributed by atoms with van der Waals surface area (Å²) in [5.74, 6) is 0.516. The zero-order chi connectivity index (χ0) is 12.7. The molecule has 0 saturated carbocycles. The van der Waals surface area contributed by atoms with Crippen LogP contribution in [-0.2, 0) is 11.2 Å². The molecule has 5 nitrogen and oxygen atoms in total. The molecule has 0 aromatic heterocycles. The van der Waals surface area contributed by atoms with E-state index in [2.05, 4.69) is 5.32 Å². The van der Waals surface area contributed by atoms with E-state index < -0.39 is 6.04 Å². The molecule has 0 saturated heterocycles. The third-order valence-corrected chi connectivity index (χ3v) is 2.36. The Balaban J connectivity index is 2.49. The molecule has 0 spiro atoms. The lowest BCUT2D eigenvalue weighted by atomic mass is 10.1. The quantitative estimate of drug-likeness (QED) is 0.634. The Morgan fingerprint density at radius 1 is 1.47 bits per heavy atom. The Hall–Kier alpha value is -1.59. The van der Waals surface area contributed by atoms with Crippen LogP contribution < -0.4 is 15.8 Å². The van der Waals surface area contributed by atoms with Gasteiger partial charge in [-0.15, -0.1) is 0 Å². The minimum absolute atomic E-state index is 0.0823. The van der Waals surface area contributed by atoms with Gasteiger partial charge in [0.1, 0.15) is 5.75 Å². The number of aliphatic hydroxyl groups is 1. The maximum atomic E-state index is 11.5. The summed E-state index contributed by atoms with van der Waals surface area (Å²) in [5.41, 5.74) is 6.71. The molecular formula is C12H18N2O3. The number of amides is 1. The second kappa shape index (κ2) is 6.88. The van der Waals surface area contributed by atoms with Crippen molar-refractivity contribution in [1.29, 1.82) is 0 Å². The topological polar surface area (TPSA) is 84.6 Å². The number of nitrogens with two attached hydrogens (primary N) is 1. The minimum atomic E-state index is -0.602. The van der Waals surface area contributed by atoms with Gasteiger partial charge in [0.15, 0.2) is 0 Å². The first-order valence-electron chi connectivity index (χ1n) is 5.44. The molecule has 1 atom stereocenters. The van der Waals surface area contributed by atoms with Crippen molar-refractivity contribution in [2.45, 2.75) is 12.5 Å². The first kappa shape index (κ1) is 13.5. The van der Waals surface area contributed by atoms with Crippen LogP contribution in [0.15, 0.2) is 24.3 Å². The molecule has 1 aromatic rings. The van der Waals surface area contributed by atoms with Crippen molar-refractivity contribution in [3.8, 4) is 5.75 Å². The van der Waals surface area contributed by atoms with Gasteiger partial charge in [0.2, 0.25) is 5.91 Å². The number of carbonyl (C=O) groups excluding carboxylic acids is 1. The second-order valence-corrected chi connectivity index (χ2v) is 3.67. The van der Waals surface area contributed by atoms with Crippen molar-refractivity contribution in [2.24, 2.45) is 5.73 Å². The first-order chi connectivity index (χ1) is 8.17. The highest BCUT2D eigenvalue weighted by atomic mass is 16.5. The number of rotatable bonds is 6. The van der Waals surface area contributed by atoms with E-state index in [1.165, 1.54) is 0 Å². The van der Waals surface area contributed by atoms with Crippen LogP contribution in [0.1, 0.15) is 5.56 Å². The van der Waals surface area contributed by atoms with E-state index in [0.717, 1.165) is 11.3 Å². The fourth-order valence-electron chi connectivity index (χ4n) is 1.42. The lowest BCUT2D eigenvalue weighted by molar-refractivity contribution is -0.122. The van der Waals surface area contributed by atoms with Gasteiger partial charge >= 0.3 is 0 Å². The summed E-state index contributed by atoms with van der Waals surface area (Å²) in [6, 6.07) is 6.80. The molecule has 1 amide bonds. The molecule has 0 aliphatic rings. The number of nitrogens with one attached hydrogen (secondary N) is 1. The Bertz CT molecular complexity index is 351. The van der Waals surface area contributed by atoms with Gasteiger partial charge in [0.05, 0.1) is 19.8 Å². The third kappa shape index (κ3) is 4.42. The van der Waals surface area contributed by atoms with Crippen LogP contribution in [0.3, 0.4) is 0 Å². The molecular weight excluding hydrogens is 220 g/mol. The first-order valence-corrected chi connectivity index (χ1v) is 5.44. The zero-order valence-electron chi connectivity index (χ0n) is 9.85. The number of methoxy groups -OCH3 is 1. The fourth-order valence-corrected chi connectivity index (χ4v) is 1.42. The Morgan fingerprint density at radius 3 is 2.65 bits per heavy atom. The number of ether oxygens (including phenoxy) is 1. The number of hydrogen-bond donors (Lipinski definition) is 3. The number of aliphatic hydroxyl groups excluding tert-OH is 1. The van der Waals surface area contributed by atoms with Crippen molar-refractivity contribution in [3.05, 3.63) is 29.8 Å². The van der Waals surface area contributed by atoms with Crippen LogP contribution in [-0.4, -0.2) is 37.3 Å². The van der Waals surface area contributed by atoms with Gasteiger partial charge in [-0.1, -0.05) is 12.1 Å². The van der Waals surface area contributed by atoms with E-state index in [-0.39, 0.29) is 19.1 Å². The maximum absolute atomic E-state index is 11.5. The molecule has 5 heteroatoms. The summed E-state index contributed by atoms with van der Waals surface area (Å²) in [6.45, 7) is 0.149. The minimum Gasteiger partial charge on any atom is -0.497 e. The molecule has 1 rings (SSSR count). The van der Waals surface area contributed by atoms with E-state index in [1.807, 2.05) is 24.3 Å². The van der Waals surface area contributed by atoms with Gasteiger partial charge in [-0.25, -0.2) is 0 Å². The summed E-state index contributed by atoms with van der Waals surface area (Å²) in [7, 11) is 1.60. The van der Waals surface area contributed by atoms with Crippen LogP contribution >= 0.6 is 0 Å². The van der Waals surface area contributed by atoms with Crippen LogP contribution in [0.5, 0.6) is 5.75 Å². The molecule has 17 heavy (non-hydrogen) atoms. The molecule has 0 radical (unpaired) electrons. The van der Waals surface area contributed by atoms with E-state index in [0.29, 0.717) is 6.42 Å². The van der Waals surface area contributed by atoms with Crippen molar-refractivity contribution >= 4 is 5.91 Å². The summed E-state index contributed by atoms with van der Waals surface area (Å²) in [4.78, 5) is 11.5. The van der Waals surface area contributed by atoms with Gasteiger partial charge < -0.3 is 20.9 Å². The fraction of sp³-hybridized carbons (Fsp3) is 0.417. The lowest BCUT2D eigenvalue weighted by Gasteiger charge is -2.11. The van der Waals surface area contributed by atoms with Crippen molar-refractivity contribution in [3.63, 3.8) is 0 Å². The van der Waals surface area contributed by atoms with Gasteiger partial charge in [0, 0.05) is 6.54 Å². The Labute approximate surface area is 101 Å². The van der Waals surface area contributed by atoms with Crippen LogP contribution in [0.4, 0.5) is 0 Å². The lowest BCUT2D eigenvalue weighted by Crippen LogP contribution is -2.42. The van der Waals surface area contributed by atoms with Crippen molar-refractivity contribution in [2.75, 3.05) is 20.3 Å². The molecule has 0 heterocycles. The van der Waals surface area contributed by atoms with Gasteiger partial charge in [-0.3, -0.25) is 4.79 Å². The average Bonchev–Trinajstić information content (AvgIpc) is 2.36. The summed E-state index contributed by atoms with van der Waals surface area (Å²) in [6.07, 6.45) is 0.460.